The first kappa shape index (κ1) is 15.8. The number of thiophene rings is 1. The molecule has 1 aliphatic rings. The number of hydrogen-bond donors (Lipinski definition) is 1. The summed E-state index contributed by atoms with van der Waals surface area (Å²) in [6.07, 6.45) is 1.72. The fourth-order valence-corrected chi connectivity index (χ4v) is 3.28. The van der Waals surface area contributed by atoms with Crippen LogP contribution in [-0.2, 0) is 9.59 Å². The molecule has 1 saturated heterocycles. The van der Waals surface area contributed by atoms with Crippen LogP contribution in [0.2, 0.25) is 0 Å². The lowest BCUT2D eigenvalue weighted by atomic mass is 10.2. The zero-order valence-corrected chi connectivity index (χ0v) is 13.4. The van der Waals surface area contributed by atoms with Crippen molar-refractivity contribution in [1.29, 1.82) is 0 Å². The van der Waals surface area contributed by atoms with Crippen LogP contribution in [0.15, 0.2) is 22.4 Å². The normalized spacial score (nSPS) is 17.1. The highest BCUT2D eigenvalue weighted by atomic mass is 32.2. The molecule has 0 spiro atoms. The van der Waals surface area contributed by atoms with Crippen molar-refractivity contribution in [2.24, 2.45) is 5.92 Å². The fraction of sp³-hybridized carbons (Fsp3) is 0.357. The van der Waals surface area contributed by atoms with E-state index in [9.17, 15) is 14.4 Å². The molecule has 2 rings (SSSR count). The predicted molar refractivity (Wildman–Crippen MR) is 84.8 cm³/mol. The minimum atomic E-state index is -0.294. The van der Waals surface area contributed by atoms with E-state index in [0.717, 1.165) is 16.6 Å². The van der Waals surface area contributed by atoms with Crippen molar-refractivity contribution in [2.45, 2.75) is 13.8 Å². The molecule has 0 atom stereocenters. The Morgan fingerprint density at radius 2 is 2.19 bits per heavy atom. The molecule has 0 bridgehead atoms. The molecule has 2 heterocycles. The van der Waals surface area contributed by atoms with Crippen molar-refractivity contribution in [1.82, 2.24) is 10.2 Å². The van der Waals surface area contributed by atoms with Crippen LogP contribution in [0, 0.1) is 5.92 Å². The molecule has 1 aromatic heterocycles. The second-order valence-corrected chi connectivity index (χ2v) is 6.77. The second kappa shape index (κ2) is 6.91. The van der Waals surface area contributed by atoms with Crippen molar-refractivity contribution in [3.8, 4) is 0 Å². The van der Waals surface area contributed by atoms with E-state index in [4.69, 9.17) is 0 Å². The highest BCUT2D eigenvalue weighted by Crippen LogP contribution is 2.32. The van der Waals surface area contributed by atoms with Gasteiger partial charge in [0.1, 0.15) is 0 Å². The molecule has 0 saturated carbocycles. The van der Waals surface area contributed by atoms with Crippen molar-refractivity contribution in [2.75, 3.05) is 13.1 Å². The van der Waals surface area contributed by atoms with Crippen LogP contribution in [-0.4, -0.2) is 35.0 Å². The summed E-state index contributed by atoms with van der Waals surface area (Å²) < 4.78 is 0. The average Bonchev–Trinajstić information content (AvgIpc) is 3.02. The summed E-state index contributed by atoms with van der Waals surface area (Å²) >= 11 is 2.45. The molecule has 0 aliphatic carbocycles. The molecule has 0 radical (unpaired) electrons. The number of rotatable bonds is 5. The van der Waals surface area contributed by atoms with Gasteiger partial charge in [0, 0.05) is 23.9 Å². The third-order valence-electron chi connectivity index (χ3n) is 2.85. The van der Waals surface area contributed by atoms with Gasteiger partial charge in [0.05, 0.1) is 4.91 Å². The third-order valence-corrected chi connectivity index (χ3v) is 4.58. The molecule has 3 amide bonds. The summed E-state index contributed by atoms with van der Waals surface area (Å²) in [7, 11) is 0. The zero-order valence-electron chi connectivity index (χ0n) is 11.8. The summed E-state index contributed by atoms with van der Waals surface area (Å²) in [5.41, 5.74) is 0. The number of thioether (sulfide) groups is 1. The summed E-state index contributed by atoms with van der Waals surface area (Å²) in [6, 6.07) is 3.78. The van der Waals surface area contributed by atoms with Crippen molar-refractivity contribution in [3.05, 3.63) is 27.3 Å². The van der Waals surface area contributed by atoms with E-state index in [2.05, 4.69) is 5.32 Å². The number of imide groups is 1. The monoisotopic (exact) mass is 324 g/mol. The lowest BCUT2D eigenvalue weighted by molar-refractivity contribution is -0.125. The van der Waals surface area contributed by atoms with E-state index >= 15 is 0 Å². The quantitative estimate of drug-likeness (QED) is 0.845. The van der Waals surface area contributed by atoms with Crippen molar-refractivity contribution in [3.63, 3.8) is 0 Å². The molecule has 0 unspecified atom stereocenters. The highest BCUT2D eigenvalue weighted by Gasteiger charge is 2.34. The molecule has 1 aromatic rings. The van der Waals surface area contributed by atoms with E-state index in [1.54, 1.807) is 19.9 Å². The molecular formula is C14H16N2O3S2. The smallest absolute Gasteiger partial charge is 0.293 e. The van der Waals surface area contributed by atoms with Gasteiger partial charge >= 0.3 is 0 Å². The van der Waals surface area contributed by atoms with Crippen LogP contribution < -0.4 is 5.32 Å². The lowest BCUT2D eigenvalue weighted by Crippen LogP contribution is -2.38. The van der Waals surface area contributed by atoms with E-state index < -0.39 is 0 Å². The molecule has 112 valence electrons. The first-order valence-corrected chi connectivity index (χ1v) is 8.25. The fourth-order valence-electron chi connectivity index (χ4n) is 1.69. The van der Waals surface area contributed by atoms with Crippen LogP contribution in [0.1, 0.15) is 18.7 Å². The van der Waals surface area contributed by atoms with Gasteiger partial charge in [-0.1, -0.05) is 19.9 Å². The van der Waals surface area contributed by atoms with Gasteiger partial charge in [-0.3, -0.25) is 19.3 Å². The third kappa shape index (κ3) is 3.95. The van der Waals surface area contributed by atoms with Crippen LogP contribution in [0.3, 0.4) is 0 Å². The van der Waals surface area contributed by atoms with Crippen molar-refractivity contribution < 1.29 is 14.4 Å². The van der Waals surface area contributed by atoms with Gasteiger partial charge in [-0.05, 0) is 29.3 Å². The largest absolute Gasteiger partial charge is 0.354 e. The van der Waals surface area contributed by atoms with Gasteiger partial charge in [-0.15, -0.1) is 11.3 Å². The number of nitrogens with one attached hydrogen (secondary N) is 1. The Kier molecular flexibility index (Phi) is 5.19. The molecule has 7 heteroatoms. The van der Waals surface area contributed by atoms with Gasteiger partial charge < -0.3 is 5.32 Å². The molecular weight excluding hydrogens is 308 g/mol. The molecule has 5 nitrogen and oxygen atoms in total. The minimum Gasteiger partial charge on any atom is -0.354 e. The number of hydrogen-bond acceptors (Lipinski definition) is 5. The zero-order chi connectivity index (χ0) is 15.4. The SMILES string of the molecule is CC(C)C(=O)NCCN1C(=O)S/C(=C\c2cccs2)C1=O. The second-order valence-electron chi connectivity index (χ2n) is 4.79. The maximum atomic E-state index is 12.2. The van der Waals surface area contributed by atoms with Gasteiger partial charge in [-0.25, -0.2) is 0 Å². The topological polar surface area (TPSA) is 66.5 Å². The van der Waals surface area contributed by atoms with Crippen LogP contribution in [0.5, 0.6) is 0 Å². The first-order chi connectivity index (χ1) is 9.99. The Balaban J connectivity index is 1.94. The molecule has 1 N–H and O–H groups in total. The number of amides is 3. The van der Waals surface area contributed by atoms with Crippen LogP contribution in [0.25, 0.3) is 6.08 Å². The molecule has 21 heavy (non-hydrogen) atoms. The van der Waals surface area contributed by atoms with Gasteiger partial charge in [-0.2, -0.15) is 0 Å². The van der Waals surface area contributed by atoms with E-state index in [1.807, 2.05) is 17.5 Å². The molecule has 1 fully saturated rings. The Bertz CT molecular complexity index is 579. The van der Waals surface area contributed by atoms with Gasteiger partial charge in [0.25, 0.3) is 11.1 Å². The summed E-state index contributed by atoms with van der Waals surface area (Å²) in [4.78, 5) is 38.0. The Labute approximate surface area is 131 Å². The first-order valence-electron chi connectivity index (χ1n) is 6.55. The average molecular weight is 324 g/mol. The Morgan fingerprint density at radius 3 is 2.81 bits per heavy atom. The summed E-state index contributed by atoms with van der Waals surface area (Å²) in [5.74, 6) is -0.494. The maximum Gasteiger partial charge on any atom is 0.293 e. The van der Waals surface area contributed by atoms with Gasteiger partial charge in [0.2, 0.25) is 5.91 Å². The van der Waals surface area contributed by atoms with E-state index in [1.165, 1.54) is 16.2 Å². The number of nitrogens with zero attached hydrogens (tertiary/aromatic N) is 1. The maximum absolute atomic E-state index is 12.2. The summed E-state index contributed by atoms with van der Waals surface area (Å²) in [6.45, 7) is 4.06. The number of carbonyl (C=O) groups excluding carboxylic acids is 3. The minimum absolute atomic E-state index is 0.0869. The van der Waals surface area contributed by atoms with Crippen LogP contribution in [0.4, 0.5) is 4.79 Å². The van der Waals surface area contributed by atoms with E-state index in [-0.39, 0.29) is 36.1 Å². The van der Waals surface area contributed by atoms with Crippen LogP contribution >= 0.6 is 23.1 Å². The number of carbonyl (C=O) groups is 3. The highest BCUT2D eigenvalue weighted by molar-refractivity contribution is 8.18. The lowest BCUT2D eigenvalue weighted by Gasteiger charge is -2.13. The Hall–Kier alpha value is -1.60. The van der Waals surface area contributed by atoms with Crippen molar-refractivity contribution >= 4 is 46.2 Å². The molecule has 0 aromatic carbocycles. The predicted octanol–water partition coefficient (Wildman–Crippen LogP) is 2.56. The summed E-state index contributed by atoms with van der Waals surface area (Å²) in [5, 5.41) is 4.32. The molecule has 1 aliphatic heterocycles. The van der Waals surface area contributed by atoms with E-state index in [0.29, 0.717) is 4.91 Å². The van der Waals surface area contributed by atoms with Gasteiger partial charge in [0.15, 0.2) is 0 Å². The standard InChI is InChI=1S/C14H16N2O3S2/c1-9(2)12(17)15-5-6-16-13(18)11(21-14(16)19)8-10-4-3-7-20-10/h3-4,7-9H,5-6H2,1-2H3,(H,15,17)/b11-8-. The Morgan fingerprint density at radius 1 is 1.43 bits per heavy atom.